The first kappa shape index (κ1) is 20.0. The van der Waals surface area contributed by atoms with Gasteiger partial charge in [-0.3, -0.25) is 4.79 Å². The molecule has 0 aliphatic heterocycles. The molecule has 3 rings (SSSR count). The van der Waals surface area contributed by atoms with Crippen LogP contribution in [0.25, 0.3) is 12.0 Å². The first-order chi connectivity index (χ1) is 13.2. The van der Waals surface area contributed by atoms with Crippen molar-refractivity contribution < 1.29 is 4.79 Å². The Hall–Kier alpha value is -2.70. The second-order valence-corrected chi connectivity index (χ2v) is 7.94. The number of aromatic nitrogens is 4. The van der Waals surface area contributed by atoms with E-state index >= 15 is 0 Å². The summed E-state index contributed by atoms with van der Waals surface area (Å²) in [6, 6.07) is 8.68. The summed E-state index contributed by atoms with van der Waals surface area (Å²) in [5.74, 6) is 0.547. The molecule has 0 saturated heterocycles. The zero-order chi connectivity index (χ0) is 20.3. The summed E-state index contributed by atoms with van der Waals surface area (Å²) in [5, 5.41) is 8.29. The van der Waals surface area contributed by atoms with Crippen LogP contribution in [-0.4, -0.2) is 25.7 Å². The van der Waals surface area contributed by atoms with Crippen molar-refractivity contribution in [3.05, 3.63) is 70.1 Å². The van der Waals surface area contributed by atoms with Crippen molar-refractivity contribution in [1.82, 2.24) is 19.7 Å². The Balaban J connectivity index is 1.86. The van der Waals surface area contributed by atoms with E-state index in [1.807, 2.05) is 26.8 Å². The van der Waals surface area contributed by atoms with Gasteiger partial charge < -0.3 is 5.32 Å². The highest BCUT2D eigenvalue weighted by molar-refractivity contribution is 6.42. The maximum absolute atomic E-state index is 12.4. The molecule has 2 aromatic heterocycles. The van der Waals surface area contributed by atoms with E-state index < -0.39 is 0 Å². The highest BCUT2D eigenvalue weighted by Gasteiger charge is 2.22. The summed E-state index contributed by atoms with van der Waals surface area (Å²) in [5.41, 5.74) is 1.37. The Kier molecular flexibility index (Phi) is 5.82. The van der Waals surface area contributed by atoms with Crippen molar-refractivity contribution in [3.8, 4) is 5.95 Å². The number of halogens is 2. The summed E-state index contributed by atoms with van der Waals surface area (Å²) < 4.78 is 1.52. The van der Waals surface area contributed by atoms with Crippen molar-refractivity contribution in [2.24, 2.45) is 0 Å². The van der Waals surface area contributed by atoms with Gasteiger partial charge in [0, 0.05) is 30.0 Å². The lowest BCUT2D eigenvalue weighted by Crippen LogP contribution is -2.14. The van der Waals surface area contributed by atoms with Crippen LogP contribution in [0.1, 0.15) is 32.0 Å². The standard InChI is InChI=1S/C20H19Cl2N5O/c1-20(2,3)16-12-17(27(26-16)19-23-9-4-10-24-19)25-18(28)8-6-13-5-7-14(21)15(22)11-13/h4-12H,1-3H3,(H,25,28)/b8-6+. The number of hydrogen-bond acceptors (Lipinski definition) is 4. The first-order valence-electron chi connectivity index (χ1n) is 8.56. The van der Waals surface area contributed by atoms with Crippen LogP contribution in [0.4, 0.5) is 5.82 Å². The van der Waals surface area contributed by atoms with E-state index in [9.17, 15) is 4.79 Å². The molecule has 0 aliphatic rings. The number of anilines is 1. The first-order valence-corrected chi connectivity index (χ1v) is 9.32. The van der Waals surface area contributed by atoms with Crippen molar-refractivity contribution in [3.63, 3.8) is 0 Å². The second-order valence-electron chi connectivity index (χ2n) is 7.12. The van der Waals surface area contributed by atoms with Gasteiger partial charge in [0.2, 0.25) is 5.91 Å². The average molecular weight is 416 g/mol. The molecule has 0 bridgehead atoms. The predicted molar refractivity (Wildman–Crippen MR) is 112 cm³/mol. The molecule has 0 aliphatic carbocycles. The van der Waals surface area contributed by atoms with E-state index in [0.717, 1.165) is 11.3 Å². The molecule has 1 N–H and O–H groups in total. The summed E-state index contributed by atoms with van der Waals surface area (Å²) >= 11 is 11.9. The van der Waals surface area contributed by atoms with E-state index in [0.29, 0.717) is 21.8 Å². The fourth-order valence-corrected chi connectivity index (χ4v) is 2.65. The maximum Gasteiger partial charge on any atom is 0.252 e. The average Bonchev–Trinajstić information content (AvgIpc) is 3.07. The lowest BCUT2D eigenvalue weighted by atomic mass is 9.92. The zero-order valence-corrected chi connectivity index (χ0v) is 17.2. The molecule has 28 heavy (non-hydrogen) atoms. The van der Waals surface area contributed by atoms with Crippen LogP contribution in [0.15, 0.2) is 48.8 Å². The molecule has 144 valence electrons. The molecule has 0 atom stereocenters. The normalized spacial score (nSPS) is 11.8. The van der Waals surface area contributed by atoms with Gasteiger partial charge in [-0.05, 0) is 29.8 Å². The number of carbonyl (C=O) groups is 1. The quantitative estimate of drug-likeness (QED) is 0.613. The molecular formula is C20H19Cl2N5O. The Morgan fingerprint density at radius 3 is 2.46 bits per heavy atom. The van der Waals surface area contributed by atoms with Gasteiger partial charge in [0.05, 0.1) is 15.7 Å². The highest BCUT2D eigenvalue weighted by Crippen LogP contribution is 2.26. The number of rotatable bonds is 4. The number of amides is 1. The Bertz CT molecular complexity index is 1020. The lowest BCUT2D eigenvalue weighted by molar-refractivity contribution is -0.111. The van der Waals surface area contributed by atoms with Gasteiger partial charge in [-0.2, -0.15) is 9.78 Å². The minimum absolute atomic E-state index is 0.199. The molecule has 1 aromatic carbocycles. The fraction of sp³-hybridized carbons (Fsp3) is 0.200. The number of hydrogen-bond donors (Lipinski definition) is 1. The van der Waals surface area contributed by atoms with Gasteiger partial charge in [0.15, 0.2) is 0 Å². The third kappa shape index (κ3) is 4.77. The van der Waals surface area contributed by atoms with Crippen LogP contribution in [0.2, 0.25) is 10.0 Å². The van der Waals surface area contributed by atoms with Gasteiger partial charge in [-0.15, -0.1) is 0 Å². The van der Waals surface area contributed by atoms with Gasteiger partial charge in [-0.1, -0.05) is 50.0 Å². The minimum atomic E-state index is -0.316. The van der Waals surface area contributed by atoms with Crippen molar-refractivity contribution in [1.29, 1.82) is 0 Å². The van der Waals surface area contributed by atoms with E-state index in [1.54, 1.807) is 42.7 Å². The van der Waals surface area contributed by atoms with Gasteiger partial charge in [0.1, 0.15) is 5.82 Å². The maximum atomic E-state index is 12.4. The van der Waals surface area contributed by atoms with Gasteiger partial charge in [0.25, 0.3) is 5.95 Å². The van der Waals surface area contributed by atoms with Crippen LogP contribution < -0.4 is 5.32 Å². The molecule has 0 saturated carbocycles. The van der Waals surface area contributed by atoms with Crippen molar-refractivity contribution in [2.75, 3.05) is 5.32 Å². The zero-order valence-electron chi connectivity index (χ0n) is 15.6. The van der Waals surface area contributed by atoms with E-state index in [2.05, 4.69) is 20.4 Å². The molecular weight excluding hydrogens is 397 g/mol. The molecule has 0 unspecified atom stereocenters. The van der Waals surface area contributed by atoms with Crippen LogP contribution in [0.5, 0.6) is 0 Å². The van der Waals surface area contributed by atoms with E-state index in [4.69, 9.17) is 23.2 Å². The summed E-state index contributed by atoms with van der Waals surface area (Å²) in [4.78, 5) is 20.9. The Morgan fingerprint density at radius 2 is 1.82 bits per heavy atom. The number of carbonyl (C=O) groups excluding carboxylic acids is 1. The van der Waals surface area contributed by atoms with E-state index in [1.165, 1.54) is 10.8 Å². The molecule has 8 heteroatoms. The molecule has 1 amide bonds. The van der Waals surface area contributed by atoms with E-state index in [-0.39, 0.29) is 11.3 Å². The second kappa shape index (κ2) is 8.12. The molecule has 0 spiro atoms. The van der Waals surface area contributed by atoms with Crippen LogP contribution in [0.3, 0.4) is 0 Å². The minimum Gasteiger partial charge on any atom is -0.307 e. The smallest absolute Gasteiger partial charge is 0.252 e. The molecule has 6 nitrogen and oxygen atoms in total. The summed E-state index contributed by atoms with van der Waals surface area (Å²) in [6.45, 7) is 6.13. The van der Waals surface area contributed by atoms with Gasteiger partial charge >= 0.3 is 0 Å². The van der Waals surface area contributed by atoms with Crippen LogP contribution in [0, 0.1) is 0 Å². The molecule has 0 radical (unpaired) electrons. The molecule has 3 aromatic rings. The van der Waals surface area contributed by atoms with Gasteiger partial charge in [-0.25, -0.2) is 9.97 Å². The highest BCUT2D eigenvalue weighted by atomic mass is 35.5. The van der Waals surface area contributed by atoms with Crippen molar-refractivity contribution in [2.45, 2.75) is 26.2 Å². The van der Waals surface area contributed by atoms with Crippen LogP contribution >= 0.6 is 23.2 Å². The SMILES string of the molecule is CC(C)(C)c1cc(NC(=O)/C=C/c2ccc(Cl)c(Cl)c2)n(-c2ncccn2)n1. The van der Waals surface area contributed by atoms with Crippen LogP contribution in [-0.2, 0) is 10.2 Å². The number of nitrogens with one attached hydrogen (secondary N) is 1. The third-order valence-electron chi connectivity index (χ3n) is 3.84. The molecule has 0 fully saturated rings. The van der Waals surface area contributed by atoms with Crippen molar-refractivity contribution >= 4 is 41.0 Å². The fourth-order valence-electron chi connectivity index (χ4n) is 2.35. The Labute approximate surface area is 173 Å². The summed E-state index contributed by atoms with van der Waals surface area (Å²) in [7, 11) is 0. The third-order valence-corrected chi connectivity index (χ3v) is 4.58. The predicted octanol–water partition coefficient (Wildman–Crippen LogP) is 4.92. The summed E-state index contributed by atoms with van der Waals surface area (Å²) in [6.07, 6.45) is 6.31. The topological polar surface area (TPSA) is 72.7 Å². The number of benzene rings is 1. The monoisotopic (exact) mass is 415 g/mol. The largest absolute Gasteiger partial charge is 0.307 e. The number of nitrogens with zero attached hydrogens (tertiary/aromatic N) is 4. The lowest BCUT2D eigenvalue weighted by Gasteiger charge is -2.13. The molecule has 2 heterocycles. The Morgan fingerprint density at radius 1 is 1.11 bits per heavy atom.